The molecule has 3 aliphatic rings. The van der Waals surface area contributed by atoms with E-state index in [0.717, 1.165) is 5.56 Å². The number of nitrogens with one attached hydrogen (secondary N) is 2. The molecule has 5 rings (SSSR count). The van der Waals surface area contributed by atoms with Gasteiger partial charge in [-0.05, 0) is 36.2 Å². The molecule has 2 atom stereocenters. The molecule has 160 valence electrons. The molecule has 2 amide bonds. The van der Waals surface area contributed by atoms with E-state index in [0.29, 0.717) is 41.8 Å². The van der Waals surface area contributed by atoms with E-state index in [4.69, 9.17) is 21.1 Å². The van der Waals surface area contributed by atoms with E-state index in [1.165, 1.54) is 5.01 Å². The van der Waals surface area contributed by atoms with Crippen molar-refractivity contribution in [2.75, 3.05) is 25.1 Å². The Morgan fingerprint density at radius 3 is 2.74 bits per heavy atom. The highest BCUT2D eigenvalue weighted by Gasteiger charge is 2.41. The molecule has 10 heteroatoms. The predicted molar refractivity (Wildman–Crippen MR) is 114 cm³/mol. The van der Waals surface area contributed by atoms with E-state index in [1.807, 2.05) is 24.3 Å². The molecule has 3 heterocycles. The third-order valence-corrected chi connectivity index (χ3v) is 5.60. The van der Waals surface area contributed by atoms with E-state index < -0.39 is 6.04 Å². The lowest BCUT2D eigenvalue weighted by Crippen LogP contribution is -2.52. The lowest BCUT2D eigenvalue weighted by atomic mass is 10.0. The number of rotatable bonds is 4. The fourth-order valence-electron chi connectivity index (χ4n) is 3.82. The fraction of sp³-hybridized carbons (Fsp3) is 0.286. The number of ether oxygens (including phenoxy) is 2. The van der Waals surface area contributed by atoms with Crippen LogP contribution < -0.4 is 20.2 Å². The van der Waals surface area contributed by atoms with Gasteiger partial charge in [0.15, 0.2) is 11.5 Å². The normalized spacial score (nSPS) is 21.8. The summed E-state index contributed by atoms with van der Waals surface area (Å²) >= 11 is 5.96. The third kappa shape index (κ3) is 4.01. The maximum Gasteiger partial charge on any atom is 0.267 e. The molecular weight excluding hydrogens is 422 g/mol. The van der Waals surface area contributed by atoms with E-state index in [9.17, 15) is 9.59 Å². The first kappa shape index (κ1) is 19.7. The van der Waals surface area contributed by atoms with Crippen LogP contribution in [0.2, 0.25) is 5.02 Å². The van der Waals surface area contributed by atoms with Gasteiger partial charge in [0.1, 0.15) is 32.1 Å². The Morgan fingerprint density at radius 2 is 1.94 bits per heavy atom. The molecule has 2 aromatic rings. The second-order valence-corrected chi connectivity index (χ2v) is 7.86. The minimum atomic E-state index is -0.430. The highest BCUT2D eigenvalue weighted by Crippen LogP contribution is 2.33. The first-order chi connectivity index (χ1) is 15.1. The number of benzene rings is 2. The zero-order valence-corrected chi connectivity index (χ0v) is 17.2. The Hall–Kier alpha value is -3.30. The molecule has 1 fully saturated rings. The van der Waals surface area contributed by atoms with Crippen molar-refractivity contribution in [3.05, 3.63) is 53.1 Å². The minimum Gasteiger partial charge on any atom is -0.486 e. The Bertz CT molecular complexity index is 1040. The van der Waals surface area contributed by atoms with Crippen molar-refractivity contribution in [2.24, 2.45) is 5.10 Å². The van der Waals surface area contributed by atoms with Crippen LogP contribution in [-0.2, 0) is 9.59 Å². The molecule has 0 bridgehead atoms. The molecule has 2 unspecified atom stereocenters. The van der Waals surface area contributed by atoms with Gasteiger partial charge < -0.3 is 14.8 Å². The molecule has 0 aliphatic carbocycles. The number of hydrogen-bond acceptors (Lipinski definition) is 7. The van der Waals surface area contributed by atoms with Gasteiger partial charge in [0.25, 0.3) is 5.91 Å². The molecule has 0 spiro atoms. The number of halogens is 1. The van der Waals surface area contributed by atoms with Crippen molar-refractivity contribution in [2.45, 2.75) is 18.5 Å². The maximum atomic E-state index is 12.9. The summed E-state index contributed by atoms with van der Waals surface area (Å²) in [6.45, 7) is 0.782. The van der Waals surface area contributed by atoms with E-state index in [1.54, 1.807) is 29.5 Å². The summed E-state index contributed by atoms with van der Waals surface area (Å²) in [5, 5.41) is 10.5. The number of hydrazine groups is 1. The summed E-state index contributed by atoms with van der Waals surface area (Å²) < 4.78 is 11.0. The first-order valence-electron chi connectivity index (χ1n) is 9.92. The standard InChI is InChI=1S/C21H20ClN5O4/c22-14-3-1-13(2-4-14)16-10-17-21(29)26(23-12-27(17)25-16)11-20(28)24-15-5-6-18-19(9-15)31-8-7-30-18/h1-6,9,12,16-17,25H,7-8,10-11H2,(H,24,28). The average molecular weight is 442 g/mol. The molecule has 0 radical (unpaired) electrons. The van der Waals surface area contributed by atoms with Gasteiger partial charge in [0, 0.05) is 16.8 Å². The van der Waals surface area contributed by atoms with Gasteiger partial charge in [0.2, 0.25) is 5.91 Å². The molecule has 9 nitrogen and oxygen atoms in total. The minimum absolute atomic E-state index is 0.0378. The molecule has 0 aromatic heterocycles. The van der Waals surface area contributed by atoms with Crippen LogP contribution in [0.1, 0.15) is 18.0 Å². The number of hydrogen-bond donors (Lipinski definition) is 2. The SMILES string of the molecule is O=C(CN1N=CN2NC(c3ccc(Cl)cc3)CC2C1=O)Nc1ccc2c(c1)OCCO2. The monoisotopic (exact) mass is 441 g/mol. The highest BCUT2D eigenvalue weighted by molar-refractivity contribution is 6.30. The molecule has 0 saturated carbocycles. The molecule has 2 aromatic carbocycles. The number of amides is 2. The Balaban J connectivity index is 1.21. The predicted octanol–water partition coefficient (Wildman–Crippen LogP) is 2.16. The van der Waals surface area contributed by atoms with Crippen molar-refractivity contribution in [1.82, 2.24) is 15.4 Å². The Labute approximate surface area is 183 Å². The van der Waals surface area contributed by atoms with Crippen LogP contribution in [0.4, 0.5) is 5.69 Å². The molecule has 3 aliphatic heterocycles. The number of nitrogens with zero attached hydrogens (tertiary/aromatic N) is 3. The lowest BCUT2D eigenvalue weighted by molar-refractivity contribution is -0.139. The van der Waals surface area contributed by atoms with Crippen molar-refractivity contribution in [3.8, 4) is 11.5 Å². The molecule has 31 heavy (non-hydrogen) atoms. The number of carbonyl (C=O) groups is 2. The van der Waals surface area contributed by atoms with Crippen LogP contribution in [0.5, 0.6) is 11.5 Å². The number of fused-ring (bicyclic) bond motifs is 2. The van der Waals surface area contributed by atoms with Crippen molar-refractivity contribution in [1.29, 1.82) is 0 Å². The molecular formula is C21H20ClN5O4. The van der Waals surface area contributed by atoms with Gasteiger partial charge in [-0.2, -0.15) is 5.10 Å². The Morgan fingerprint density at radius 1 is 1.16 bits per heavy atom. The summed E-state index contributed by atoms with van der Waals surface area (Å²) in [7, 11) is 0. The third-order valence-electron chi connectivity index (χ3n) is 5.35. The number of anilines is 1. The van der Waals surface area contributed by atoms with Gasteiger partial charge in [-0.3, -0.25) is 14.6 Å². The fourth-order valence-corrected chi connectivity index (χ4v) is 3.95. The second-order valence-electron chi connectivity index (χ2n) is 7.43. The summed E-state index contributed by atoms with van der Waals surface area (Å²) in [5.41, 5.74) is 4.86. The smallest absolute Gasteiger partial charge is 0.267 e. The van der Waals surface area contributed by atoms with Gasteiger partial charge in [-0.15, -0.1) is 0 Å². The van der Waals surface area contributed by atoms with Crippen molar-refractivity contribution >= 4 is 35.4 Å². The van der Waals surface area contributed by atoms with Crippen LogP contribution in [-0.4, -0.2) is 54.0 Å². The summed E-state index contributed by atoms with van der Waals surface area (Å²) in [4.78, 5) is 25.4. The first-order valence-corrected chi connectivity index (χ1v) is 10.3. The van der Waals surface area contributed by atoms with Gasteiger partial charge in [0.05, 0.1) is 6.04 Å². The maximum absolute atomic E-state index is 12.9. The van der Waals surface area contributed by atoms with Gasteiger partial charge in [-0.25, -0.2) is 10.4 Å². The van der Waals surface area contributed by atoms with Gasteiger partial charge in [-0.1, -0.05) is 23.7 Å². The Kier molecular flexibility index (Phi) is 5.13. The topological polar surface area (TPSA) is 95.5 Å². The van der Waals surface area contributed by atoms with Crippen LogP contribution in [0.15, 0.2) is 47.6 Å². The quantitative estimate of drug-likeness (QED) is 0.755. The van der Waals surface area contributed by atoms with Crippen LogP contribution in [0, 0.1) is 0 Å². The zero-order chi connectivity index (χ0) is 21.4. The van der Waals surface area contributed by atoms with E-state index >= 15 is 0 Å². The van der Waals surface area contributed by atoms with E-state index in [-0.39, 0.29) is 24.4 Å². The summed E-state index contributed by atoms with van der Waals surface area (Å²) in [6, 6.07) is 12.2. The van der Waals surface area contributed by atoms with E-state index in [2.05, 4.69) is 15.8 Å². The van der Waals surface area contributed by atoms with Crippen LogP contribution >= 0.6 is 11.6 Å². The van der Waals surface area contributed by atoms with Gasteiger partial charge >= 0.3 is 0 Å². The highest BCUT2D eigenvalue weighted by atomic mass is 35.5. The molecule has 1 saturated heterocycles. The van der Waals surface area contributed by atoms with Crippen molar-refractivity contribution in [3.63, 3.8) is 0 Å². The summed E-state index contributed by atoms with van der Waals surface area (Å²) in [6.07, 6.45) is 2.10. The largest absolute Gasteiger partial charge is 0.486 e. The van der Waals surface area contributed by atoms with Crippen LogP contribution in [0.25, 0.3) is 0 Å². The number of hydrazone groups is 1. The average Bonchev–Trinajstić information content (AvgIpc) is 3.21. The lowest BCUT2D eigenvalue weighted by Gasteiger charge is -2.29. The van der Waals surface area contributed by atoms with Crippen molar-refractivity contribution < 1.29 is 19.1 Å². The summed E-state index contributed by atoms with van der Waals surface area (Å²) in [5.74, 6) is 0.640. The molecule has 2 N–H and O–H groups in total. The number of carbonyl (C=O) groups excluding carboxylic acids is 2. The zero-order valence-electron chi connectivity index (χ0n) is 16.5. The van der Waals surface area contributed by atoms with Crippen LogP contribution in [0.3, 0.4) is 0 Å². The second kappa shape index (κ2) is 8.09.